The summed E-state index contributed by atoms with van der Waals surface area (Å²) in [4.78, 5) is 11.7. The summed E-state index contributed by atoms with van der Waals surface area (Å²) < 4.78 is 0. The number of aliphatic hydroxyl groups is 1. The lowest BCUT2D eigenvalue weighted by Crippen LogP contribution is -2.05. The first-order valence-electron chi connectivity index (χ1n) is 6.11. The van der Waals surface area contributed by atoms with Gasteiger partial charge in [-0.2, -0.15) is 0 Å². The minimum Gasteiger partial charge on any atom is -0.390 e. The van der Waals surface area contributed by atoms with Crippen LogP contribution in [0.15, 0.2) is 24.4 Å². The number of H-pyrrole nitrogens is 1. The fourth-order valence-corrected chi connectivity index (χ4v) is 2.50. The van der Waals surface area contributed by atoms with E-state index in [1.54, 1.807) is 0 Å². The highest BCUT2D eigenvalue weighted by molar-refractivity contribution is 6.35. The fourth-order valence-electron chi connectivity index (χ4n) is 2.22. The number of nitrogen functional groups attached to an aromatic ring is 1. The van der Waals surface area contributed by atoms with Crippen LogP contribution in [0, 0.1) is 6.92 Å². The maximum atomic E-state index is 9.26. The molecule has 2 heterocycles. The molecule has 0 amide bonds. The molecule has 3 aromatic rings. The Morgan fingerprint density at radius 3 is 2.90 bits per heavy atom. The van der Waals surface area contributed by atoms with Gasteiger partial charge in [0.25, 0.3) is 0 Å². The van der Waals surface area contributed by atoms with Crippen molar-refractivity contribution in [2.75, 3.05) is 5.73 Å². The Kier molecular flexibility index (Phi) is 3.08. The number of rotatable bonds is 2. The third kappa shape index (κ3) is 2.01. The van der Waals surface area contributed by atoms with Gasteiger partial charge in [0.1, 0.15) is 11.5 Å². The Morgan fingerprint density at radius 1 is 1.35 bits per heavy atom. The van der Waals surface area contributed by atoms with Gasteiger partial charge in [-0.15, -0.1) is 0 Å². The Morgan fingerprint density at radius 2 is 2.15 bits per heavy atom. The molecule has 102 valence electrons. The van der Waals surface area contributed by atoms with Crippen molar-refractivity contribution in [3.63, 3.8) is 0 Å². The summed E-state index contributed by atoms with van der Waals surface area (Å²) in [6.07, 6.45) is 1.83. The summed E-state index contributed by atoms with van der Waals surface area (Å²) in [6.45, 7) is 1.58. The van der Waals surface area contributed by atoms with Crippen LogP contribution >= 0.6 is 11.6 Å². The van der Waals surface area contributed by atoms with Crippen LogP contribution in [0.4, 0.5) is 5.82 Å². The van der Waals surface area contributed by atoms with Crippen molar-refractivity contribution < 1.29 is 5.11 Å². The summed E-state index contributed by atoms with van der Waals surface area (Å²) >= 11 is 6.27. The normalized spacial score (nSPS) is 11.2. The van der Waals surface area contributed by atoms with Gasteiger partial charge in [0, 0.05) is 22.7 Å². The van der Waals surface area contributed by atoms with Crippen molar-refractivity contribution in [2.45, 2.75) is 13.5 Å². The third-order valence-corrected chi connectivity index (χ3v) is 3.53. The molecule has 20 heavy (non-hydrogen) atoms. The van der Waals surface area contributed by atoms with Gasteiger partial charge in [-0.3, -0.25) is 0 Å². The van der Waals surface area contributed by atoms with Crippen LogP contribution in [-0.4, -0.2) is 20.1 Å². The van der Waals surface area contributed by atoms with E-state index in [4.69, 9.17) is 17.3 Å². The van der Waals surface area contributed by atoms with E-state index in [2.05, 4.69) is 15.0 Å². The first-order chi connectivity index (χ1) is 9.60. The molecule has 0 saturated carbocycles. The molecule has 6 heteroatoms. The number of anilines is 1. The zero-order valence-corrected chi connectivity index (χ0v) is 11.6. The van der Waals surface area contributed by atoms with E-state index in [1.165, 1.54) is 0 Å². The van der Waals surface area contributed by atoms with Gasteiger partial charge < -0.3 is 15.8 Å². The monoisotopic (exact) mass is 288 g/mol. The number of aromatic amines is 1. The van der Waals surface area contributed by atoms with E-state index in [-0.39, 0.29) is 12.4 Å². The van der Waals surface area contributed by atoms with Crippen molar-refractivity contribution in [2.24, 2.45) is 0 Å². The van der Waals surface area contributed by atoms with E-state index in [0.29, 0.717) is 22.1 Å². The number of fused-ring (bicyclic) bond motifs is 1. The van der Waals surface area contributed by atoms with Crippen LogP contribution in [0.25, 0.3) is 22.2 Å². The largest absolute Gasteiger partial charge is 0.390 e. The minimum atomic E-state index is -0.245. The van der Waals surface area contributed by atoms with Gasteiger partial charge >= 0.3 is 0 Å². The second-order valence-electron chi connectivity index (χ2n) is 4.54. The summed E-state index contributed by atoms with van der Waals surface area (Å²) in [6, 6.07) is 5.71. The predicted molar refractivity (Wildman–Crippen MR) is 79.4 cm³/mol. The molecule has 4 N–H and O–H groups in total. The molecule has 0 aliphatic carbocycles. The van der Waals surface area contributed by atoms with Crippen LogP contribution in [-0.2, 0) is 6.61 Å². The number of nitrogens with zero attached hydrogens (tertiary/aromatic N) is 2. The summed E-state index contributed by atoms with van der Waals surface area (Å²) in [5.74, 6) is 0.251. The molecule has 0 bridgehead atoms. The second kappa shape index (κ2) is 4.77. The van der Waals surface area contributed by atoms with Gasteiger partial charge in [0.05, 0.1) is 23.0 Å². The number of aliphatic hydroxyl groups excluding tert-OH is 1. The molecule has 2 aromatic heterocycles. The van der Waals surface area contributed by atoms with Crippen molar-refractivity contribution in [3.05, 3.63) is 40.8 Å². The number of benzene rings is 1. The topological polar surface area (TPSA) is 87.8 Å². The molecule has 3 rings (SSSR count). The molecule has 0 atom stereocenters. The number of hydrogen-bond donors (Lipinski definition) is 3. The van der Waals surface area contributed by atoms with Crippen molar-refractivity contribution in [3.8, 4) is 11.3 Å². The molecule has 1 aromatic carbocycles. The highest BCUT2D eigenvalue weighted by atomic mass is 35.5. The van der Waals surface area contributed by atoms with Gasteiger partial charge in [-0.05, 0) is 25.1 Å². The third-order valence-electron chi connectivity index (χ3n) is 3.21. The standard InChI is InChI=1S/C14H13ClN4O/c1-7-13(19-12(6-20)14(16)18-7)8-4-10(15)9-2-3-17-11(9)5-8/h2-5,17,20H,6H2,1H3,(H2,16,18). The molecule has 5 nitrogen and oxygen atoms in total. The van der Waals surface area contributed by atoms with Crippen LogP contribution in [0.5, 0.6) is 0 Å². The number of hydrogen-bond acceptors (Lipinski definition) is 4. The number of aromatic nitrogens is 3. The maximum Gasteiger partial charge on any atom is 0.147 e. The van der Waals surface area contributed by atoms with E-state index >= 15 is 0 Å². The van der Waals surface area contributed by atoms with E-state index in [1.807, 2.05) is 31.3 Å². The van der Waals surface area contributed by atoms with Gasteiger partial charge in [0.15, 0.2) is 0 Å². The second-order valence-corrected chi connectivity index (χ2v) is 4.95. The molecule has 0 spiro atoms. The Balaban J connectivity index is 2.24. The maximum absolute atomic E-state index is 9.26. The van der Waals surface area contributed by atoms with E-state index < -0.39 is 0 Å². The number of nitrogens with one attached hydrogen (secondary N) is 1. The molecule has 0 fully saturated rings. The number of aryl methyl sites for hydroxylation is 1. The quantitative estimate of drug-likeness (QED) is 0.676. The Hall–Kier alpha value is -2.11. The molecular formula is C14H13ClN4O. The lowest BCUT2D eigenvalue weighted by Gasteiger charge is -2.09. The summed E-state index contributed by atoms with van der Waals surface area (Å²) in [7, 11) is 0. The molecule has 0 saturated heterocycles. The van der Waals surface area contributed by atoms with E-state index in [0.717, 1.165) is 16.5 Å². The van der Waals surface area contributed by atoms with E-state index in [9.17, 15) is 5.11 Å². The number of halogens is 1. The van der Waals surface area contributed by atoms with Crippen LogP contribution in [0.1, 0.15) is 11.4 Å². The van der Waals surface area contributed by atoms with Crippen molar-refractivity contribution in [1.82, 2.24) is 15.0 Å². The lowest BCUT2D eigenvalue weighted by atomic mass is 10.1. The predicted octanol–water partition coefficient (Wildman–Crippen LogP) is 2.66. The zero-order valence-electron chi connectivity index (χ0n) is 10.8. The minimum absolute atomic E-state index is 0.245. The first-order valence-corrected chi connectivity index (χ1v) is 6.49. The van der Waals surface area contributed by atoms with Crippen molar-refractivity contribution >= 4 is 28.3 Å². The Labute approximate surface area is 120 Å². The van der Waals surface area contributed by atoms with Crippen molar-refractivity contribution in [1.29, 1.82) is 0 Å². The average molecular weight is 289 g/mol. The van der Waals surface area contributed by atoms with Crippen LogP contribution < -0.4 is 5.73 Å². The highest BCUT2D eigenvalue weighted by Gasteiger charge is 2.12. The fraction of sp³-hybridized carbons (Fsp3) is 0.143. The summed E-state index contributed by atoms with van der Waals surface area (Å²) in [5, 5.41) is 10.9. The molecule has 0 aliphatic rings. The molecular weight excluding hydrogens is 276 g/mol. The van der Waals surface area contributed by atoms with Crippen LogP contribution in [0.2, 0.25) is 5.02 Å². The summed E-state index contributed by atoms with van der Waals surface area (Å²) in [5.41, 5.74) is 9.21. The molecule has 0 radical (unpaired) electrons. The van der Waals surface area contributed by atoms with Gasteiger partial charge in [-0.25, -0.2) is 9.97 Å². The first kappa shape index (κ1) is 12.9. The Bertz CT molecular complexity index is 797. The number of nitrogens with two attached hydrogens (primary N) is 1. The smallest absolute Gasteiger partial charge is 0.147 e. The SMILES string of the molecule is Cc1nc(N)c(CO)nc1-c1cc(Cl)c2cc[nH]c2c1. The lowest BCUT2D eigenvalue weighted by molar-refractivity contribution is 0.277. The molecule has 0 aliphatic heterocycles. The average Bonchev–Trinajstić information content (AvgIpc) is 2.87. The molecule has 0 unspecified atom stereocenters. The van der Waals surface area contributed by atoms with Gasteiger partial charge in [0.2, 0.25) is 0 Å². The van der Waals surface area contributed by atoms with Gasteiger partial charge in [-0.1, -0.05) is 11.6 Å². The highest BCUT2D eigenvalue weighted by Crippen LogP contribution is 2.31. The van der Waals surface area contributed by atoms with Crippen LogP contribution in [0.3, 0.4) is 0 Å². The zero-order chi connectivity index (χ0) is 14.3.